The predicted octanol–water partition coefficient (Wildman–Crippen LogP) is 4.26. The Labute approximate surface area is 147 Å². The highest BCUT2D eigenvalue weighted by Crippen LogP contribution is 2.32. The molecule has 0 bridgehead atoms. The maximum atomic E-state index is 5.45. The van der Waals surface area contributed by atoms with Gasteiger partial charge in [-0.25, -0.2) is 4.98 Å². The Morgan fingerprint density at radius 2 is 1.92 bits per heavy atom. The van der Waals surface area contributed by atoms with Crippen molar-refractivity contribution in [3.8, 4) is 0 Å². The Bertz CT molecular complexity index is 860. The SMILES string of the molecule is CC(C)c1nc(C2CCCCCN2c2cnc3ccccc3n2)no1. The minimum absolute atomic E-state index is 0.0919. The monoisotopic (exact) mass is 337 g/mol. The van der Waals surface area contributed by atoms with Gasteiger partial charge in [-0.05, 0) is 25.0 Å². The molecule has 3 heterocycles. The maximum Gasteiger partial charge on any atom is 0.229 e. The third kappa shape index (κ3) is 3.21. The van der Waals surface area contributed by atoms with Crippen molar-refractivity contribution >= 4 is 16.9 Å². The molecule has 0 radical (unpaired) electrons. The van der Waals surface area contributed by atoms with Gasteiger partial charge in [0, 0.05) is 12.5 Å². The average molecular weight is 337 g/mol. The fourth-order valence-electron chi connectivity index (χ4n) is 3.35. The molecule has 4 rings (SSSR count). The lowest BCUT2D eigenvalue weighted by Gasteiger charge is -2.28. The van der Waals surface area contributed by atoms with Crippen LogP contribution >= 0.6 is 0 Å². The molecule has 130 valence electrons. The fraction of sp³-hybridized carbons (Fsp3) is 0.474. The van der Waals surface area contributed by atoms with E-state index in [1.807, 2.05) is 30.5 Å². The van der Waals surface area contributed by atoms with Gasteiger partial charge in [-0.15, -0.1) is 0 Å². The molecule has 25 heavy (non-hydrogen) atoms. The zero-order valence-corrected chi connectivity index (χ0v) is 14.7. The van der Waals surface area contributed by atoms with Crippen molar-refractivity contribution in [2.45, 2.75) is 51.5 Å². The van der Waals surface area contributed by atoms with E-state index in [0.717, 1.165) is 48.5 Å². The molecule has 0 saturated carbocycles. The zero-order chi connectivity index (χ0) is 17.2. The number of nitrogens with zero attached hydrogens (tertiary/aromatic N) is 5. The summed E-state index contributed by atoms with van der Waals surface area (Å²) >= 11 is 0. The first-order valence-corrected chi connectivity index (χ1v) is 9.04. The molecule has 3 aromatic rings. The van der Waals surface area contributed by atoms with Gasteiger partial charge in [-0.2, -0.15) is 4.98 Å². The second-order valence-electron chi connectivity index (χ2n) is 6.92. The molecule has 1 atom stereocenters. The van der Waals surface area contributed by atoms with Crippen molar-refractivity contribution in [1.29, 1.82) is 0 Å². The third-order valence-electron chi connectivity index (χ3n) is 4.73. The third-order valence-corrected chi connectivity index (χ3v) is 4.73. The fourth-order valence-corrected chi connectivity index (χ4v) is 3.35. The van der Waals surface area contributed by atoms with Crippen LogP contribution in [-0.2, 0) is 0 Å². The molecule has 0 aliphatic carbocycles. The van der Waals surface area contributed by atoms with Gasteiger partial charge in [0.25, 0.3) is 0 Å². The van der Waals surface area contributed by atoms with Crippen LogP contribution in [0.4, 0.5) is 5.82 Å². The molecule has 1 unspecified atom stereocenters. The van der Waals surface area contributed by atoms with Gasteiger partial charge in [0.2, 0.25) is 5.89 Å². The Kier molecular flexibility index (Phi) is 4.34. The number of hydrogen-bond donors (Lipinski definition) is 0. The number of rotatable bonds is 3. The lowest BCUT2D eigenvalue weighted by atomic mass is 10.1. The first-order valence-electron chi connectivity index (χ1n) is 9.04. The van der Waals surface area contributed by atoms with Crippen LogP contribution in [0.5, 0.6) is 0 Å². The summed E-state index contributed by atoms with van der Waals surface area (Å²) in [5.41, 5.74) is 1.83. The second kappa shape index (κ2) is 6.78. The summed E-state index contributed by atoms with van der Waals surface area (Å²) in [4.78, 5) is 16.4. The zero-order valence-electron chi connectivity index (χ0n) is 14.7. The Morgan fingerprint density at radius 1 is 1.08 bits per heavy atom. The maximum absolute atomic E-state index is 5.45. The van der Waals surface area contributed by atoms with Gasteiger partial charge in [-0.3, -0.25) is 4.98 Å². The molecule has 6 heteroatoms. The van der Waals surface area contributed by atoms with E-state index in [-0.39, 0.29) is 12.0 Å². The summed E-state index contributed by atoms with van der Waals surface area (Å²) < 4.78 is 5.45. The highest BCUT2D eigenvalue weighted by Gasteiger charge is 2.28. The van der Waals surface area contributed by atoms with Crippen LogP contribution in [0.2, 0.25) is 0 Å². The van der Waals surface area contributed by atoms with E-state index >= 15 is 0 Å². The molecule has 1 aliphatic rings. The topological polar surface area (TPSA) is 67.9 Å². The van der Waals surface area contributed by atoms with Crippen LogP contribution in [-0.4, -0.2) is 26.7 Å². The van der Waals surface area contributed by atoms with Crippen molar-refractivity contribution in [3.63, 3.8) is 0 Å². The van der Waals surface area contributed by atoms with Crippen LogP contribution in [0.1, 0.15) is 63.2 Å². The Hall–Kier alpha value is -2.50. The van der Waals surface area contributed by atoms with Gasteiger partial charge < -0.3 is 9.42 Å². The van der Waals surface area contributed by atoms with E-state index in [1.54, 1.807) is 0 Å². The van der Waals surface area contributed by atoms with Crippen LogP contribution in [0.3, 0.4) is 0 Å². The van der Waals surface area contributed by atoms with Crippen molar-refractivity contribution < 1.29 is 4.52 Å². The van der Waals surface area contributed by atoms with Crippen molar-refractivity contribution in [3.05, 3.63) is 42.2 Å². The number of anilines is 1. The summed E-state index contributed by atoms with van der Waals surface area (Å²) in [6, 6.07) is 8.06. The van der Waals surface area contributed by atoms with E-state index in [4.69, 9.17) is 9.51 Å². The molecule has 1 aliphatic heterocycles. The lowest BCUT2D eigenvalue weighted by molar-refractivity contribution is 0.356. The summed E-state index contributed by atoms with van der Waals surface area (Å²) in [5, 5.41) is 4.26. The second-order valence-corrected chi connectivity index (χ2v) is 6.92. The van der Waals surface area contributed by atoms with Gasteiger partial charge in [0.05, 0.1) is 23.3 Å². The normalized spacial score (nSPS) is 18.7. The van der Waals surface area contributed by atoms with Gasteiger partial charge in [-0.1, -0.05) is 44.0 Å². The first-order chi connectivity index (χ1) is 12.2. The molecular formula is C19H23N5O. The number of fused-ring (bicyclic) bond motifs is 1. The van der Waals surface area contributed by atoms with Crippen LogP contribution in [0, 0.1) is 0 Å². The summed E-state index contributed by atoms with van der Waals surface area (Å²) in [6.45, 7) is 5.07. The van der Waals surface area contributed by atoms with Gasteiger partial charge in [0.1, 0.15) is 5.82 Å². The summed E-state index contributed by atoms with van der Waals surface area (Å²) in [5.74, 6) is 2.59. The van der Waals surface area contributed by atoms with Gasteiger partial charge >= 0.3 is 0 Å². The van der Waals surface area contributed by atoms with E-state index in [9.17, 15) is 0 Å². The van der Waals surface area contributed by atoms with Gasteiger partial charge in [0.15, 0.2) is 5.82 Å². The molecule has 0 amide bonds. The predicted molar refractivity (Wildman–Crippen MR) is 96.5 cm³/mol. The van der Waals surface area contributed by atoms with E-state index in [1.165, 1.54) is 6.42 Å². The Morgan fingerprint density at radius 3 is 2.72 bits per heavy atom. The highest BCUT2D eigenvalue weighted by molar-refractivity contribution is 5.75. The minimum Gasteiger partial charge on any atom is -0.345 e. The van der Waals surface area contributed by atoms with Crippen LogP contribution in [0.25, 0.3) is 11.0 Å². The van der Waals surface area contributed by atoms with E-state index in [2.05, 4.69) is 33.9 Å². The van der Waals surface area contributed by atoms with Crippen molar-refractivity contribution in [2.75, 3.05) is 11.4 Å². The molecule has 1 fully saturated rings. The first kappa shape index (κ1) is 16.0. The molecule has 1 saturated heterocycles. The molecular weight excluding hydrogens is 314 g/mol. The summed E-state index contributed by atoms with van der Waals surface area (Å²) in [7, 11) is 0. The van der Waals surface area contributed by atoms with Crippen LogP contribution < -0.4 is 4.90 Å². The molecule has 2 aromatic heterocycles. The lowest BCUT2D eigenvalue weighted by Crippen LogP contribution is -2.30. The summed E-state index contributed by atoms with van der Waals surface area (Å²) in [6.07, 6.45) is 6.38. The van der Waals surface area contributed by atoms with E-state index in [0.29, 0.717) is 5.89 Å². The number of hydrogen-bond acceptors (Lipinski definition) is 6. The number of para-hydroxylation sites is 2. The smallest absolute Gasteiger partial charge is 0.229 e. The number of aromatic nitrogens is 4. The molecule has 0 spiro atoms. The molecule has 6 nitrogen and oxygen atoms in total. The van der Waals surface area contributed by atoms with Crippen LogP contribution in [0.15, 0.2) is 35.0 Å². The highest BCUT2D eigenvalue weighted by atomic mass is 16.5. The average Bonchev–Trinajstić information content (AvgIpc) is 3.00. The molecule has 1 aromatic carbocycles. The minimum atomic E-state index is 0.0919. The van der Waals surface area contributed by atoms with E-state index < -0.39 is 0 Å². The Balaban J connectivity index is 1.71. The number of benzene rings is 1. The largest absolute Gasteiger partial charge is 0.345 e. The van der Waals surface area contributed by atoms with Crippen molar-refractivity contribution in [1.82, 2.24) is 20.1 Å². The quantitative estimate of drug-likeness (QED) is 0.711. The van der Waals surface area contributed by atoms with Crippen molar-refractivity contribution in [2.24, 2.45) is 0 Å². The standard InChI is InChI=1S/C19H23N5O/c1-13(2)19-22-18(23-25-19)16-10-4-3-7-11-24(16)17-12-20-14-8-5-6-9-15(14)21-17/h5-6,8-9,12-13,16H,3-4,7,10-11H2,1-2H3. The molecule has 0 N–H and O–H groups in total.